The molecular weight excluding hydrogens is 438 g/mol. The van der Waals surface area contributed by atoms with Gasteiger partial charge < -0.3 is 14.7 Å². The van der Waals surface area contributed by atoms with Crippen molar-refractivity contribution in [2.75, 3.05) is 44.2 Å². The zero-order valence-electron chi connectivity index (χ0n) is 18.8. The molecule has 7 nitrogen and oxygen atoms in total. The second-order valence-electron chi connectivity index (χ2n) is 8.82. The Bertz CT molecular complexity index is 1190. The number of nitrogens with zero attached hydrogens (tertiary/aromatic N) is 5. The van der Waals surface area contributed by atoms with Crippen molar-refractivity contribution in [1.29, 1.82) is 0 Å². The second-order valence-corrected chi connectivity index (χ2v) is 9.26. The van der Waals surface area contributed by atoms with Gasteiger partial charge in [-0.1, -0.05) is 35.9 Å². The molecule has 2 saturated heterocycles. The molecule has 0 aliphatic carbocycles. The molecule has 1 aromatic heterocycles. The van der Waals surface area contributed by atoms with Gasteiger partial charge >= 0.3 is 0 Å². The SMILES string of the molecule is Cc1ccc(Cl)cc1N1CCN(C(=O)Cn2nc(C(=O)N3CCCC3)c3ccccc32)CC1. The van der Waals surface area contributed by atoms with E-state index in [1.54, 1.807) is 4.68 Å². The average molecular weight is 466 g/mol. The van der Waals surface area contributed by atoms with Gasteiger partial charge in [-0.25, -0.2) is 0 Å². The van der Waals surface area contributed by atoms with E-state index < -0.39 is 0 Å². The highest BCUT2D eigenvalue weighted by molar-refractivity contribution is 6.30. The number of anilines is 1. The summed E-state index contributed by atoms with van der Waals surface area (Å²) in [5.74, 6) is -0.0219. The number of hydrogen-bond donors (Lipinski definition) is 0. The molecule has 0 N–H and O–H groups in total. The Hall–Kier alpha value is -3.06. The fraction of sp³-hybridized carbons (Fsp3) is 0.400. The van der Waals surface area contributed by atoms with Crippen LogP contribution in [0, 0.1) is 6.92 Å². The maximum absolute atomic E-state index is 13.1. The molecule has 2 aromatic carbocycles. The molecule has 0 bridgehead atoms. The lowest BCUT2D eigenvalue weighted by Gasteiger charge is -2.37. The number of carbonyl (C=O) groups excluding carboxylic acids is 2. The summed E-state index contributed by atoms with van der Waals surface area (Å²) in [6, 6.07) is 13.6. The Morgan fingerprint density at radius 3 is 2.42 bits per heavy atom. The Morgan fingerprint density at radius 2 is 1.67 bits per heavy atom. The van der Waals surface area contributed by atoms with E-state index in [1.165, 1.54) is 5.56 Å². The molecule has 2 aliphatic rings. The van der Waals surface area contributed by atoms with Crippen molar-refractivity contribution < 1.29 is 9.59 Å². The maximum Gasteiger partial charge on any atom is 0.275 e. The van der Waals surface area contributed by atoms with Gasteiger partial charge in [-0.2, -0.15) is 5.10 Å². The molecule has 0 saturated carbocycles. The Labute approximate surface area is 198 Å². The molecular formula is C25H28ClN5O2. The molecule has 172 valence electrons. The average Bonchev–Trinajstić information content (AvgIpc) is 3.49. The van der Waals surface area contributed by atoms with E-state index >= 15 is 0 Å². The first-order chi connectivity index (χ1) is 16.0. The fourth-order valence-corrected chi connectivity index (χ4v) is 4.99. The number of fused-ring (bicyclic) bond motifs is 1. The van der Waals surface area contributed by atoms with Crippen LogP contribution < -0.4 is 4.90 Å². The third kappa shape index (κ3) is 4.29. The van der Waals surface area contributed by atoms with Crippen molar-refractivity contribution >= 4 is 40.0 Å². The number of hydrogen-bond acceptors (Lipinski definition) is 4. The predicted molar refractivity (Wildman–Crippen MR) is 130 cm³/mol. The Balaban J connectivity index is 1.30. The van der Waals surface area contributed by atoms with Crippen molar-refractivity contribution in [2.24, 2.45) is 0 Å². The van der Waals surface area contributed by atoms with E-state index in [-0.39, 0.29) is 18.4 Å². The number of benzene rings is 2. The van der Waals surface area contributed by atoms with Gasteiger partial charge in [0.25, 0.3) is 5.91 Å². The first-order valence-corrected chi connectivity index (χ1v) is 11.9. The highest BCUT2D eigenvalue weighted by Crippen LogP contribution is 2.26. The number of piperazine rings is 1. The summed E-state index contributed by atoms with van der Waals surface area (Å²) < 4.78 is 1.69. The minimum absolute atomic E-state index is 0.0193. The maximum atomic E-state index is 13.1. The first-order valence-electron chi connectivity index (χ1n) is 11.5. The van der Waals surface area contributed by atoms with E-state index in [9.17, 15) is 9.59 Å². The number of carbonyl (C=O) groups is 2. The molecule has 3 aromatic rings. The summed E-state index contributed by atoms with van der Waals surface area (Å²) >= 11 is 6.19. The highest BCUT2D eigenvalue weighted by Gasteiger charge is 2.27. The zero-order chi connectivity index (χ0) is 22.9. The van der Waals surface area contributed by atoms with Gasteiger partial charge in [-0.05, 0) is 43.5 Å². The summed E-state index contributed by atoms with van der Waals surface area (Å²) in [4.78, 5) is 32.2. The normalized spacial score (nSPS) is 16.6. The monoisotopic (exact) mass is 465 g/mol. The first kappa shape index (κ1) is 21.8. The van der Waals surface area contributed by atoms with E-state index in [1.807, 2.05) is 52.3 Å². The number of para-hydroxylation sites is 1. The molecule has 0 atom stereocenters. The molecule has 2 fully saturated rings. The summed E-state index contributed by atoms with van der Waals surface area (Å²) in [6.07, 6.45) is 2.06. The molecule has 0 unspecified atom stereocenters. The minimum Gasteiger partial charge on any atom is -0.368 e. The van der Waals surface area contributed by atoms with Crippen molar-refractivity contribution in [3.63, 3.8) is 0 Å². The van der Waals surface area contributed by atoms with Crippen molar-refractivity contribution in [3.8, 4) is 0 Å². The number of amides is 2. The van der Waals surface area contributed by atoms with Crippen molar-refractivity contribution in [2.45, 2.75) is 26.3 Å². The zero-order valence-corrected chi connectivity index (χ0v) is 19.6. The van der Waals surface area contributed by atoms with Crippen molar-refractivity contribution in [1.82, 2.24) is 19.6 Å². The minimum atomic E-state index is -0.0413. The third-order valence-electron chi connectivity index (χ3n) is 6.68. The molecule has 5 rings (SSSR count). The van der Waals surface area contributed by atoms with Crippen LogP contribution in [0.3, 0.4) is 0 Å². The van der Waals surface area contributed by atoms with Crippen molar-refractivity contribution in [3.05, 3.63) is 58.7 Å². The van der Waals surface area contributed by atoms with Crippen LogP contribution in [0.4, 0.5) is 5.69 Å². The van der Waals surface area contributed by atoms with E-state index in [0.29, 0.717) is 18.8 Å². The molecule has 33 heavy (non-hydrogen) atoms. The number of halogens is 1. The van der Waals surface area contributed by atoms with Gasteiger partial charge in [0.1, 0.15) is 6.54 Å². The van der Waals surface area contributed by atoms with E-state index in [2.05, 4.69) is 16.9 Å². The Kier molecular flexibility index (Phi) is 5.98. The number of aromatic nitrogens is 2. The molecule has 3 heterocycles. The summed E-state index contributed by atoms with van der Waals surface area (Å²) in [6.45, 7) is 6.55. The number of rotatable bonds is 4. The topological polar surface area (TPSA) is 61.7 Å². The van der Waals surface area contributed by atoms with Gasteiger partial charge in [-0.3, -0.25) is 14.3 Å². The number of aryl methyl sites for hydroxylation is 1. The second kappa shape index (κ2) is 9.06. The summed E-state index contributed by atoms with van der Waals surface area (Å²) in [5, 5.41) is 6.14. The van der Waals surface area contributed by atoms with Gasteiger partial charge in [0.15, 0.2) is 5.69 Å². The molecule has 2 aliphatic heterocycles. The van der Waals surface area contributed by atoms with Crippen LogP contribution in [0.15, 0.2) is 42.5 Å². The van der Waals surface area contributed by atoms with Gasteiger partial charge in [0, 0.05) is 55.4 Å². The molecule has 0 spiro atoms. The van der Waals surface area contributed by atoms with Crippen LogP contribution in [0.5, 0.6) is 0 Å². The Morgan fingerprint density at radius 1 is 0.939 bits per heavy atom. The van der Waals surface area contributed by atoms with Crippen LogP contribution in [-0.4, -0.2) is 70.7 Å². The van der Waals surface area contributed by atoms with Crippen LogP contribution in [0.2, 0.25) is 5.02 Å². The van der Waals surface area contributed by atoms with Crippen LogP contribution in [0.1, 0.15) is 28.9 Å². The summed E-state index contributed by atoms with van der Waals surface area (Å²) in [5.41, 5.74) is 3.57. The highest BCUT2D eigenvalue weighted by atomic mass is 35.5. The van der Waals surface area contributed by atoms with Gasteiger partial charge in [0.2, 0.25) is 5.91 Å². The fourth-order valence-electron chi connectivity index (χ4n) is 4.82. The van der Waals surface area contributed by atoms with Crippen LogP contribution >= 0.6 is 11.6 Å². The standard InChI is InChI=1S/C25H28ClN5O2/c1-18-8-9-19(26)16-22(18)28-12-14-29(15-13-28)23(32)17-31-21-7-3-2-6-20(21)24(27-31)25(33)30-10-4-5-11-30/h2-3,6-9,16H,4-5,10-15,17H2,1H3. The third-order valence-corrected chi connectivity index (χ3v) is 6.92. The lowest BCUT2D eigenvalue weighted by molar-refractivity contribution is -0.132. The number of likely N-dealkylation sites (tertiary alicyclic amines) is 1. The predicted octanol–water partition coefficient (Wildman–Crippen LogP) is 3.58. The van der Waals surface area contributed by atoms with Gasteiger partial charge in [0.05, 0.1) is 5.52 Å². The quantitative estimate of drug-likeness (QED) is 0.591. The van der Waals surface area contributed by atoms with Crippen LogP contribution in [0.25, 0.3) is 10.9 Å². The molecule has 8 heteroatoms. The van der Waals surface area contributed by atoms with E-state index in [0.717, 1.165) is 60.6 Å². The molecule has 2 amide bonds. The molecule has 0 radical (unpaired) electrons. The smallest absolute Gasteiger partial charge is 0.275 e. The van der Waals surface area contributed by atoms with Crippen LogP contribution in [-0.2, 0) is 11.3 Å². The van der Waals surface area contributed by atoms with E-state index in [4.69, 9.17) is 11.6 Å². The lowest BCUT2D eigenvalue weighted by atomic mass is 10.1. The summed E-state index contributed by atoms with van der Waals surface area (Å²) in [7, 11) is 0. The lowest BCUT2D eigenvalue weighted by Crippen LogP contribution is -2.49. The van der Waals surface area contributed by atoms with Gasteiger partial charge in [-0.15, -0.1) is 0 Å². The largest absolute Gasteiger partial charge is 0.368 e.